The quantitative estimate of drug-likeness (QED) is 0.774. The zero-order valence-electron chi connectivity index (χ0n) is 14.3. The number of aryl methyl sites for hydroxylation is 2. The predicted molar refractivity (Wildman–Crippen MR) is 95.7 cm³/mol. The van der Waals surface area contributed by atoms with Crippen LogP contribution in [-0.2, 0) is 11.2 Å². The second-order valence-electron chi connectivity index (χ2n) is 6.18. The van der Waals surface area contributed by atoms with Crippen molar-refractivity contribution in [3.8, 4) is 11.3 Å². The number of nitrogens with one attached hydrogen (secondary N) is 1. The van der Waals surface area contributed by atoms with Crippen LogP contribution in [-0.4, -0.2) is 34.9 Å². The Labute approximate surface area is 150 Å². The van der Waals surface area contributed by atoms with Gasteiger partial charge >= 0.3 is 0 Å². The van der Waals surface area contributed by atoms with Crippen molar-refractivity contribution >= 4 is 11.3 Å². The monoisotopic (exact) mass is 356 g/mol. The summed E-state index contributed by atoms with van der Waals surface area (Å²) in [6.45, 7) is 6.21. The lowest BCUT2D eigenvalue weighted by atomic mass is 10.1. The molecular formula is C18H20N4O2S. The van der Waals surface area contributed by atoms with E-state index in [0.717, 1.165) is 34.3 Å². The largest absolute Gasteiger partial charge is 0.378 e. The molecule has 1 unspecified atom stereocenters. The molecule has 1 saturated heterocycles. The van der Waals surface area contributed by atoms with Crippen LogP contribution in [0.15, 0.2) is 28.8 Å². The normalized spacial score (nSPS) is 17.8. The third-order valence-corrected chi connectivity index (χ3v) is 5.13. The molecule has 3 aromatic rings. The van der Waals surface area contributed by atoms with E-state index in [1.54, 1.807) is 11.3 Å². The molecule has 0 aliphatic carbocycles. The van der Waals surface area contributed by atoms with Gasteiger partial charge in [-0.1, -0.05) is 35.0 Å². The van der Waals surface area contributed by atoms with Gasteiger partial charge < -0.3 is 14.6 Å². The fraction of sp³-hybridized carbons (Fsp3) is 0.389. The SMILES string of the molecule is Cc1ccc(-c2nc(C)sc2Cc2nc(C3COCCN3)no2)cc1. The predicted octanol–water partition coefficient (Wildman–Crippen LogP) is 3.06. The van der Waals surface area contributed by atoms with Gasteiger partial charge in [0.15, 0.2) is 5.82 Å². The molecule has 1 aliphatic rings. The number of thiazole rings is 1. The van der Waals surface area contributed by atoms with Gasteiger partial charge in [0.05, 0.1) is 36.4 Å². The van der Waals surface area contributed by atoms with Crippen LogP contribution in [0.1, 0.15) is 33.2 Å². The Morgan fingerprint density at radius 1 is 1.20 bits per heavy atom. The summed E-state index contributed by atoms with van der Waals surface area (Å²) in [5, 5.41) is 8.49. The standard InChI is InChI=1S/C18H20N4O2S/c1-11-3-5-13(6-4-11)17-15(25-12(2)20-17)9-16-21-18(22-24-16)14-10-23-8-7-19-14/h3-6,14,19H,7-10H2,1-2H3. The topological polar surface area (TPSA) is 73.1 Å². The maximum absolute atomic E-state index is 5.46. The van der Waals surface area contributed by atoms with E-state index in [1.165, 1.54) is 5.56 Å². The molecule has 1 aliphatic heterocycles. The Morgan fingerprint density at radius 3 is 2.80 bits per heavy atom. The van der Waals surface area contributed by atoms with Crippen LogP contribution in [0.5, 0.6) is 0 Å². The van der Waals surface area contributed by atoms with E-state index in [4.69, 9.17) is 14.2 Å². The molecule has 1 aromatic carbocycles. The summed E-state index contributed by atoms with van der Waals surface area (Å²) in [5.41, 5.74) is 3.36. The van der Waals surface area contributed by atoms with Crippen molar-refractivity contribution in [2.75, 3.05) is 19.8 Å². The summed E-state index contributed by atoms with van der Waals surface area (Å²) in [6, 6.07) is 8.43. The van der Waals surface area contributed by atoms with Gasteiger partial charge in [0, 0.05) is 17.0 Å². The molecule has 0 spiro atoms. The van der Waals surface area contributed by atoms with Crippen molar-refractivity contribution in [3.05, 3.63) is 51.4 Å². The molecular weight excluding hydrogens is 336 g/mol. The Morgan fingerprint density at radius 2 is 2.04 bits per heavy atom. The summed E-state index contributed by atoms with van der Waals surface area (Å²) in [4.78, 5) is 10.4. The van der Waals surface area contributed by atoms with Gasteiger partial charge in [-0.3, -0.25) is 0 Å². The van der Waals surface area contributed by atoms with Crippen LogP contribution in [0.25, 0.3) is 11.3 Å². The average Bonchev–Trinajstić information content (AvgIpc) is 3.23. The summed E-state index contributed by atoms with van der Waals surface area (Å²) in [6.07, 6.45) is 0.593. The van der Waals surface area contributed by atoms with Crippen LogP contribution in [0.2, 0.25) is 0 Å². The van der Waals surface area contributed by atoms with Crippen LogP contribution in [0, 0.1) is 13.8 Å². The molecule has 7 heteroatoms. The molecule has 4 rings (SSSR count). The number of nitrogens with zero attached hydrogens (tertiary/aromatic N) is 3. The molecule has 130 valence electrons. The van der Waals surface area contributed by atoms with E-state index >= 15 is 0 Å². The minimum Gasteiger partial charge on any atom is -0.378 e. The van der Waals surface area contributed by atoms with Crippen LogP contribution >= 0.6 is 11.3 Å². The highest BCUT2D eigenvalue weighted by Crippen LogP contribution is 2.30. The van der Waals surface area contributed by atoms with E-state index in [1.807, 2.05) is 6.92 Å². The molecule has 0 radical (unpaired) electrons. The molecule has 0 saturated carbocycles. The first-order valence-electron chi connectivity index (χ1n) is 8.36. The highest BCUT2D eigenvalue weighted by molar-refractivity contribution is 7.12. The summed E-state index contributed by atoms with van der Waals surface area (Å²) in [7, 11) is 0. The fourth-order valence-corrected chi connectivity index (χ4v) is 3.83. The Balaban J connectivity index is 1.57. The lowest BCUT2D eigenvalue weighted by Gasteiger charge is -2.20. The molecule has 1 atom stereocenters. The number of benzene rings is 1. The second-order valence-corrected chi connectivity index (χ2v) is 7.46. The first kappa shape index (κ1) is 16.4. The van der Waals surface area contributed by atoms with Crippen LogP contribution < -0.4 is 5.32 Å². The number of morpholine rings is 1. The lowest BCUT2D eigenvalue weighted by Crippen LogP contribution is -2.35. The number of ether oxygens (including phenoxy) is 1. The van der Waals surface area contributed by atoms with Crippen molar-refractivity contribution in [2.24, 2.45) is 0 Å². The maximum Gasteiger partial charge on any atom is 0.232 e. The van der Waals surface area contributed by atoms with Crippen molar-refractivity contribution < 1.29 is 9.26 Å². The molecule has 0 bridgehead atoms. The number of aromatic nitrogens is 3. The maximum atomic E-state index is 5.46. The van der Waals surface area contributed by atoms with Crippen molar-refractivity contribution in [3.63, 3.8) is 0 Å². The van der Waals surface area contributed by atoms with E-state index in [9.17, 15) is 0 Å². The van der Waals surface area contributed by atoms with Crippen molar-refractivity contribution in [2.45, 2.75) is 26.3 Å². The number of hydrogen-bond acceptors (Lipinski definition) is 7. The summed E-state index contributed by atoms with van der Waals surface area (Å²) in [5.74, 6) is 1.27. The summed E-state index contributed by atoms with van der Waals surface area (Å²) >= 11 is 1.67. The molecule has 2 aromatic heterocycles. The summed E-state index contributed by atoms with van der Waals surface area (Å²) < 4.78 is 10.9. The van der Waals surface area contributed by atoms with Gasteiger partial charge in [0.2, 0.25) is 5.89 Å². The van der Waals surface area contributed by atoms with Gasteiger partial charge in [-0.15, -0.1) is 11.3 Å². The first-order chi connectivity index (χ1) is 12.2. The highest BCUT2D eigenvalue weighted by atomic mass is 32.1. The van der Waals surface area contributed by atoms with E-state index in [0.29, 0.717) is 24.7 Å². The van der Waals surface area contributed by atoms with Crippen LogP contribution in [0.4, 0.5) is 0 Å². The molecule has 1 fully saturated rings. The average molecular weight is 356 g/mol. The van der Waals surface area contributed by atoms with E-state index < -0.39 is 0 Å². The highest BCUT2D eigenvalue weighted by Gasteiger charge is 2.22. The van der Waals surface area contributed by atoms with Gasteiger partial charge in [-0.05, 0) is 13.8 Å². The zero-order valence-corrected chi connectivity index (χ0v) is 15.1. The van der Waals surface area contributed by atoms with E-state index in [-0.39, 0.29) is 6.04 Å². The Hall–Kier alpha value is -2.09. The smallest absolute Gasteiger partial charge is 0.232 e. The van der Waals surface area contributed by atoms with Crippen molar-refractivity contribution in [1.82, 2.24) is 20.4 Å². The van der Waals surface area contributed by atoms with Gasteiger partial charge in [0.1, 0.15) is 0 Å². The number of rotatable bonds is 4. The molecule has 3 heterocycles. The molecule has 0 amide bonds. The van der Waals surface area contributed by atoms with Crippen molar-refractivity contribution in [1.29, 1.82) is 0 Å². The van der Waals surface area contributed by atoms with E-state index in [2.05, 4.69) is 46.6 Å². The molecule has 25 heavy (non-hydrogen) atoms. The minimum absolute atomic E-state index is 0.00557. The molecule has 1 N–H and O–H groups in total. The first-order valence-corrected chi connectivity index (χ1v) is 9.17. The Kier molecular flexibility index (Phi) is 4.61. The van der Waals surface area contributed by atoms with Gasteiger partial charge in [-0.2, -0.15) is 4.98 Å². The van der Waals surface area contributed by atoms with Crippen LogP contribution in [0.3, 0.4) is 0 Å². The number of hydrogen-bond donors (Lipinski definition) is 1. The van der Waals surface area contributed by atoms with Gasteiger partial charge in [0.25, 0.3) is 0 Å². The zero-order chi connectivity index (χ0) is 17.2. The second kappa shape index (κ2) is 7.03. The lowest BCUT2D eigenvalue weighted by molar-refractivity contribution is 0.0734. The Bertz CT molecular complexity index is 850. The fourth-order valence-electron chi connectivity index (χ4n) is 2.88. The third-order valence-electron chi connectivity index (χ3n) is 4.16. The molecule has 6 nitrogen and oxygen atoms in total. The minimum atomic E-state index is 0.00557. The third kappa shape index (κ3) is 3.63. The van der Waals surface area contributed by atoms with Gasteiger partial charge in [-0.25, -0.2) is 4.98 Å².